The third-order valence-corrected chi connectivity index (χ3v) is 5.18. The zero-order valence-electron chi connectivity index (χ0n) is 14.8. The van der Waals surface area contributed by atoms with Crippen LogP contribution in [0, 0.1) is 5.92 Å². The van der Waals surface area contributed by atoms with Gasteiger partial charge in [-0.1, -0.05) is 18.2 Å². The standard InChI is InChI=1S/C19H28N2O3/c1-13(22)14-8-10-21(11-9-14)18(23)20-16-12-19(2,3)24-17-7-5-4-6-15(16)17/h4-7,13-14,16,22H,8-12H2,1-3H3,(H,20,23). The number of amides is 2. The van der Waals surface area contributed by atoms with Crippen LogP contribution in [0.3, 0.4) is 0 Å². The number of benzene rings is 1. The Morgan fingerprint density at radius 2 is 2.00 bits per heavy atom. The lowest BCUT2D eigenvalue weighted by Crippen LogP contribution is -2.49. The summed E-state index contributed by atoms with van der Waals surface area (Å²) >= 11 is 0. The number of urea groups is 1. The fourth-order valence-electron chi connectivity index (χ4n) is 3.76. The van der Waals surface area contributed by atoms with Crippen LogP contribution in [0.4, 0.5) is 4.79 Å². The predicted molar refractivity (Wildman–Crippen MR) is 93.0 cm³/mol. The molecule has 0 aromatic heterocycles. The average molecular weight is 332 g/mol. The summed E-state index contributed by atoms with van der Waals surface area (Å²) in [7, 11) is 0. The molecule has 0 radical (unpaired) electrons. The number of fused-ring (bicyclic) bond motifs is 1. The van der Waals surface area contributed by atoms with Gasteiger partial charge in [0.2, 0.25) is 0 Å². The summed E-state index contributed by atoms with van der Waals surface area (Å²) in [5.41, 5.74) is 0.745. The molecule has 0 bridgehead atoms. The minimum absolute atomic E-state index is 0.0171. The molecule has 2 amide bonds. The van der Waals surface area contributed by atoms with Crippen LogP contribution in [0.15, 0.2) is 24.3 Å². The van der Waals surface area contributed by atoms with E-state index in [1.807, 2.05) is 36.1 Å². The van der Waals surface area contributed by atoms with Gasteiger partial charge in [-0.25, -0.2) is 4.79 Å². The maximum absolute atomic E-state index is 12.7. The van der Waals surface area contributed by atoms with Crippen molar-refractivity contribution in [2.75, 3.05) is 13.1 Å². The predicted octanol–water partition coefficient (Wildman–Crippen LogP) is 3.09. The van der Waals surface area contributed by atoms with Crippen LogP contribution in [-0.2, 0) is 0 Å². The lowest BCUT2D eigenvalue weighted by atomic mass is 9.89. The Hall–Kier alpha value is -1.75. The van der Waals surface area contributed by atoms with Crippen molar-refractivity contribution in [3.63, 3.8) is 0 Å². The summed E-state index contributed by atoms with van der Waals surface area (Å²) in [6.07, 6.45) is 2.18. The van der Waals surface area contributed by atoms with Gasteiger partial charge in [0.15, 0.2) is 0 Å². The van der Waals surface area contributed by atoms with Crippen molar-refractivity contribution >= 4 is 6.03 Å². The van der Waals surface area contributed by atoms with Gasteiger partial charge in [-0.3, -0.25) is 0 Å². The Morgan fingerprint density at radius 1 is 1.33 bits per heavy atom. The van der Waals surface area contributed by atoms with E-state index in [4.69, 9.17) is 4.74 Å². The molecule has 2 aliphatic heterocycles. The molecule has 1 fully saturated rings. The molecule has 24 heavy (non-hydrogen) atoms. The molecule has 2 heterocycles. The van der Waals surface area contributed by atoms with Gasteiger partial charge in [0.1, 0.15) is 11.4 Å². The molecule has 2 unspecified atom stereocenters. The van der Waals surface area contributed by atoms with Gasteiger partial charge in [0.25, 0.3) is 0 Å². The SMILES string of the molecule is CC(O)C1CCN(C(=O)NC2CC(C)(C)Oc3ccccc32)CC1. The highest BCUT2D eigenvalue weighted by molar-refractivity contribution is 5.75. The fourth-order valence-corrected chi connectivity index (χ4v) is 3.76. The van der Waals surface area contributed by atoms with E-state index in [9.17, 15) is 9.90 Å². The number of aliphatic hydroxyl groups is 1. The minimum atomic E-state index is -0.300. The lowest BCUT2D eigenvalue weighted by Gasteiger charge is -2.39. The molecular weight excluding hydrogens is 304 g/mol. The van der Waals surface area contributed by atoms with Crippen molar-refractivity contribution in [3.05, 3.63) is 29.8 Å². The van der Waals surface area contributed by atoms with Crippen molar-refractivity contribution in [3.8, 4) is 5.75 Å². The van der Waals surface area contributed by atoms with E-state index >= 15 is 0 Å². The minimum Gasteiger partial charge on any atom is -0.487 e. The zero-order chi connectivity index (χ0) is 17.3. The number of likely N-dealkylation sites (tertiary alicyclic amines) is 1. The van der Waals surface area contributed by atoms with Crippen molar-refractivity contribution < 1.29 is 14.6 Å². The summed E-state index contributed by atoms with van der Waals surface area (Å²) in [4.78, 5) is 14.5. The number of nitrogens with zero attached hydrogens (tertiary/aromatic N) is 1. The van der Waals surface area contributed by atoms with Crippen LogP contribution in [0.2, 0.25) is 0 Å². The van der Waals surface area contributed by atoms with Gasteiger partial charge < -0.3 is 20.1 Å². The van der Waals surface area contributed by atoms with E-state index in [-0.39, 0.29) is 23.8 Å². The Kier molecular flexibility index (Phi) is 4.72. The number of carbonyl (C=O) groups is 1. The van der Waals surface area contributed by atoms with Crippen molar-refractivity contribution in [2.45, 2.75) is 57.8 Å². The smallest absolute Gasteiger partial charge is 0.317 e. The van der Waals surface area contributed by atoms with E-state index in [2.05, 4.69) is 19.2 Å². The summed E-state index contributed by atoms with van der Waals surface area (Å²) in [5, 5.41) is 12.9. The van der Waals surface area contributed by atoms with Crippen molar-refractivity contribution in [1.29, 1.82) is 0 Å². The maximum Gasteiger partial charge on any atom is 0.317 e. The van der Waals surface area contributed by atoms with Gasteiger partial charge in [-0.15, -0.1) is 0 Å². The first-order valence-electron chi connectivity index (χ1n) is 8.87. The number of piperidine rings is 1. The van der Waals surface area contributed by atoms with Crippen LogP contribution >= 0.6 is 0 Å². The van der Waals surface area contributed by atoms with Crippen LogP contribution in [0.25, 0.3) is 0 Å². The first-order valence-corrected chi connectivity index (χ1v) is 8.87. The third kappa shape index (κ3) is 3.66. The molecule has 2 aliphatic rings. The molecule has 0 saturated carbocycles. The van der Waals surface area contributed by atoms with Gasteiger partial charge in [0, 0.05) is 25.1 Å². The lowest BCUT2D eigenvalue weighted by molar-refractivity contribution is 0.0621. The maximum atomic E-state index is 12.7. The quantitative estimate of drug-likeness (QED) is 0.875. The monoisotopic (exact) mass is 332 g/mol. The first kappa shape index (κ1) is 17.1. The molecular formula is C19H28N2O3. The Labute approximate surface area is 144 Å². The summed E-state index contributed by atoms with van der Waals surface area (Å²) in [6, 6.07) is 7.87. The van der Waals surface area contributed by atoms with Gasteiger partial charge >= 0.3 is 6.03 Å². The highest BCUT2D eigenvalue weighted by Gasteiger charge is 2.35. The second-order valence-corrected chi connectivity index (χ2v) is 7.67. The Balaban J connectivity index is 1.66. The third-order valence-electron chi connectivity index (χ3n) is 5.18. The van der Waals surface area contributed by atoms with Crippen LogP contribution in [0.1, 0.15) is 51.6 Å². The molecule has 0 aliphatic carbocycles. The number of nitrogens with one attached hydrogen (secondary N) is 1. The summed E-state index contributed by atoms with van der Waals surface area (Å²) in [5.74, 6) is 1.16. The molecule has 5 nitrogen and oxygen atoms in total. The largest absolute Gasteiger partial charge is 0.487 e. The summed E-state index contributed by atoms with van der Waals surface area (Å²) in [6.45, 7) is 7.35. The highest BCUT2D eigenvalue weighted by atomic mass is 16.5. The number of hydrogen-bond acceptors (Lipinski definition) is 3. The molecule has 1 aromatic carbocycles. The van der Waals surface area contributed by atoms with Crippen molar-refractivity contribution in [1.82, 2.24) is 10.2 Å². The second-order valence-electron chi connectivity index (χ2n) is 7.67. The van der Waals surface area contributed by atoms with Crippen molar-refractivity contribution in [2.24, 2.45) is 5.92 Å². The first-order chi connectivity index (χ1) is 11.4. The second kappa shape index (κ2) is 6.63. The molecule has 1 saturated heterocycles. The fraction of sp³-hybridized carbons (Fsp3) is 0.632. The van der Waals surface area contributed by atoms with Gasteiger partial charge in [-0.05, 0) is 45.6 Å². The average Bonchev–Trinajstić information content (AvgIpc) is 2.53. The molecule has 1 aromatic rings. The number of ether oxygens (including phenoxy) is 1. The van der Waals surface area contributed by atoms with Crippen LogP contribution in [0.5, 0.6) is 5.75 Å². The van der Waals surface area contributed by atoms with Gasteiger partial charge in [0.05, 0.1) is 12.1 Å². The topological polar surface area (TPSA) is 61.8 Å². The zero-order valence-corrected chi connectivity index (χ0v) is 14.8. The van der Waals surface area contributed by atoms with E-state index in [0.29, 0.717) is 19.0 Å². The number of hydrogen-bond donors (Lipinski definition) is 2. The molecule has 5 heteroatoms. The van der Waals surface area contributed by atoms with E-state index in [1.54, 1.807) is 0 Å². The number of carbonyl (C=O) groups excluding carboxylic acids is 1. The number of aliphatic hydroxyl groups excluding tert-OH is 1. The Morgan fingerprint density at radius 3 is 2.67 bits per heavy atom. The van der Waals surface area contributed by atoms with Crippen LogP contribution < -0.4 is 10.1 Å². The molecule has 0 spiro atoms. The normalized spacial score (nSPS) is 24.7. The Bertz CT molecular complexity index is 592. The molecule has 2 N–H and O–H groups in total. The van der Waals surface area contributed by atoms with E-state index in [1.165, 1.54) is 0 Å². The molecule has 2 atom stereocenters. The summed E-state index contributed by atoms with van der Waals surface area (Å²) < 4.78 is 6.02. The number of rotatable bonds is 2. The number of para-hydroxylation sites is 1. The van der Waals surface area contributed by atoms with E-state index < -0.39 is 0 Å². The molecule has 132 valence electrons. The van der Waals surface area contributed by atoms with E-state index in [0.717, 1.165) is 30.6 Å². The van der Waals surface area contributed by atoms with Crippen LogP contribution in [-0.4, -0.2) is 40.8 Å². The highest BCUT2D eigenvalue weighted by Crippen LogP contribution is 2.39. The molecule has 3 rings (SSSR count). The van der Waals surface area contributed by atoms with Gasteiger partial charge in [-0.2, -0.15) is 0 Å².